The Balaban J connectivity index is 1.29. The van der Waals surface area contributed by atoms with Crippen LogP contribution in [0.15, 0.2) is 24.8 Å². The number of fused-ring (bicyclic) bond motifs is 2. The summed E-state index contributed by atoms with van der Waals surface area (Å²) in [5.74, 6) is 4.20. The molecule has 8 heteroatoms. The molecule has 0 aliphatic carbocycles. The standard InChI is InChI=1S/C26H38N8/c1-16(2)20-9-29-13-24(31-20)34-15-19(18-8-28-11-22(18)34)26(3,4)23-12-30-14-25(32-23)33-6-5-17-7-27-10-21(17)33/h9,12-14,16-19,21-22,27-28H,5-8,10-11,15H2,1-4H3/t17-,18-,19?,21-,22+/m1/s1. The minimum Gasteiger partial charge on any atom is -0.351 e. The van der Waals surface area contributed by atoms with Gasteiger partial charge < -0.3 is 20.4 Å². The van der Waals surface area contributed by atoms with E-state index in [0.29, 0.717) is 29.8 Å². The smallest absolute Gasteiger partial charge is 0.147 e. The average Bonchev–Trinajstić information content (AvgIpc) is 3.60. The molecule has 4 fully saturated rings. The highest BCUT2D eigenvalue weighted by molar-refractivity contribution is 5.45. The molecule has 4 aliphatic heterocycles. The molecule has 34 heavy (non-hydrogen) atoms. The van der Waals surface area contributed by atoms with Gasteiger partial charge in [-0.2, -0.15) is 0 Å². The van der Waals surface area contributed by atoms with Gasteiger partial charge in [0.25, 0.3) is 0 Å². The minimum absolute atomic E-state index is 0.0944. The molecule has 0 bridgehead atoms. The van der Waals surface area contributed by atoms with Crippen LogP contribution in [0.3, 0.4) is 0 Å². The second-order valence-corrected chi connectivity index (χ2v) is 11.6. The Bertz CT molecular complexity index is 1040. The fourth-order valence-electron chi connectivity index (χ4n) is 6.86. The average molecular weight is 463 g/mol. The highest BCUT2D eigenvalue weighted by Crippen LogP contribution is 2.45. The summed E-state index contributed by atoms with van der Waals surface area (Å²) in [6, 6.07) is 1.01. The SMILES string of the molecule is CC(C)c1cncc(N2CC(C(C)(C)c3cncc(N4CC[C@@H]5CNC[C@H]54)n3)[C@H]3CNC[C@@H]32)n1. The molecule has 2 aromatic heterocycles. The van der Waals surface area contributed by atoms with Gasteiger partial charge in [0.1, 0.15) is 11.6 Å². The van der Waals surface area contributed by atoms with Crippen LogP contribution in [0.25, 0.3) is 0 Å². The van der Waals surface area contributed by atoms with Crippen molar-refractivity contribution in [1.82, 2.24) is 30.6 Å². The summed E-state index contributed by atoms with van der Waals surface area (Å²) in [5, 5.41) is 7.21. The molecule has 0 spiro atoms. The van der Waals surface area contributed by atoms with Crippen LogP contribution in [0, 0.1) is 17.8 Å². The number of nitrogens with zero attached hydrogens (tertiary/aromatic N) is 6. The molecule has 0 aromatic carbocycles. The van der Waals surface area contributed by atoms with Crippen LogP contribution >= 0.6 is 0 Å². The molecular weight excluding hydrogens is 424 g/mol. The highest BCUT2D eigenvalue weighted by Gasteiger charge is 2.51. The Morgan fingerprint density at radius 2 is 1.62 bits per heavy atom. The van der Waals surface area contributed by atoms with Gasteiger partial charge in [0.15, 0.2) is 0 Å². The van der Waals surface area contributed by atoms with Crippen LogP contribution in [-0.4, -0.2) is 71.3 Å². The molecule has 8 nitrogen and oxygen atoms in total. The third-order valence-corrected chi connectivity index (χ3v) is 9.01. The van der Waals surface area contributed by atoms with Crippen molar-refractivity contribution in [2.45, 2.75) is 57.5 Å². The summed E-state index contributed by atoms with van der Waals surface area (Å²) < 4.78 is 0. The van der Waals surface area contributed by atoms with E-state index >= 15 is 0 Å². The predicted molar refractivity (Wildman–Crippen MR) is 134 cm³/mol. The van der Waals surface area contributed by atoms with Crippen LogP contribution in [0.5, 0.6) is 0 Å². The van der Waals surface area contributed by atoms with E-state index in [0.717, 1.165) is 68.2 Å². The van der Waals surface area contributed by atoms with Gasteiger partial charge in [-0.25, -0.2) is 9.97 Å². The maximum absolute atomic E-state index is 5.25. The number of nitrogens with one attached hydrogen (secondary N) is 2. The van der Waals surface area contributed by atoms with Gasteiger partial charge in [-0.1, -0.05) is 27.7 Å². The summed E-state index contributed by atoms with van der Waals surface area (Å²) in [6.07, 6.45) is 9.06. The maximum atomic E-state index is 5.25. The predicted octanol–water partition coefficient (Wildman–Crippen LogP) is 2.19. The summed E-state index contributed by atoms with van der Waals surface area (Å²) in [7, 11) is 0. The molecule has 1 unspecified atom stereocenters. The monoisotopic (exact) mass is 462 g/mol. The summed E-state index contributed by atoms with van der Waals surface area (Å²) >= 11 is 0. The Morgan fingerprint density at radius 1 is 0.882 bits per heavy atom. The lowest BCUT2D eigenvalue weighted by Gasteiger charge is -2.35. The number of anilines is 2. The fourth-order valence-corrected chi connectivity index (χ4v) is 6.86. The Kier molecular flexibility index (Phi) is 5.48. The molecule has 2 aromatic rings. The van der Waals surface area contributed by atoms with Crippen LogP contribution in [-0.2, 0) is 5.41 Å². The van der Waals surface area contributed by atoms with Crippen molar-refractivity contribution in [2.24, 2.45) is 17.8 Å². The van der Waals surface area contributed by atoms with Crippen molar-refractivity contribution < 1.29 is 0 Å². The van der Waals surface area contributed by atoms with E-state index in [1.165, 1.54) is 6.42 Å². The van der Waals surface area contributed by atoms with Crippen molar-refractivity contribution in [2.75, 3.05) is 49.1 Å². The van der Waals surface area contributed by atoms with E-state index in [9.17, 15) is 0 Å². The van der Waals surface area contributed by atoms with Crippen molar-refractivity contribution >= 4 is 11.6 Å². The second kappa shape index (κ2) is 8.41. The number of hydrogen-bond acceptors (Lipinski definition) is 8. The maximum Gasteiger partial charge on any atom is 0.147 e. The first kappa shape index (κ1) is 22.2. The highest BCUT2D eigenvalue weighted by atomic mass is 15.3. The van der Waals surface area contributed by atoms with Crippen molar-refractivity contribution in [3.05, 3.63) is 36.2 Å². The van der Waals surface area contributed by atoms with Gasteiger partial charge in [0.05, 0.1) is 23.8 Å². The van der Waals surface area contributed by atoms with E-state index in [2.05, 4.69) is 53.1 Å². The molecule has 2 N–H and O–H groups in total. The van der Waals surface area contributed by atoms with E-state index in [4.69, 9.17) is 15.0 Å². The van der Waals surface area contributed by atoms with Crippen molar-refractivity contribution in [1.29, 1.82) is 0 Å². The van der Waals surface area contributed by atoms with Gasteiger partial charge in [-0.05, 0) is 30.1 Å². The van der Waals surface area contributed by atoms with E-state index < -0.39 is 0 Å². The van der Waals surface area contributed by atoms with Crippen molar-refractivity contribution in [3.63, 3.8) is 0 Å². The quantitative estimate of drug-likeness (QED) is 0.700. The first-order chi connectivity index (χ1) is 16.4. The lowest BCUT2D eigenvalue weighted by Crippen LogP contribution is -2.39. The molecule has 0 saturated carbocycles. The first-order valence-electron chi connectivity index (χ1n) is 13.0. The van der Waals surface area contributed by atoms with Crippen LogP contribution in [0.2, 0.25) is 0 Å². The Morgan fingerprint density at radius 3 is 2.44 bits per heavy atom. The van der Waals surface area contributed by atoms with E-state index in [-0.39, 0.29) is 5.41 Å². The molecule has 0 radical (unpaired) electrons. The van der Waals surface area contributed by atoms with Gasteiger partial charge in [-0.15, -0.1) is 0 Å². The van der Waals surface area contributed by atoms with Crippen LogP contribution < -0.4 is 20.4 Å². The van der Waals surface area contributed by atoms with Gasteiger partial charge in [-0.3, -0.25) is 9.97 Å². The molecular formula is C26H38N8. The molecule has 5 atom stereocenters. The summed E-state index contributed by atoms with van der Waals surface area (Å²) in [5.41, 5.74) is 2.08. The summed E-state index contributed by atoms with van der Waals surface area (Å²) in [4.78, 5) is 24.5. The number of rotatable bonds is 5. The zero-order valence-electron chi connectivity index (χ0n) is 20.9. The third-order valence-electron chi connectivity index (χ3n) is 9.01. The molecule has 4 aliphatic rings. The number of hydrogen-bond donors (Lipinski definition) is 2. The lowest BCUT2D eigenvalue weighted by molar-refractivity contribution is 0.263. The molecule has 4 saturated heterocycles. The first-order valence-corrected chi connectivity index (χ1v) is 13.0. The number of aromatic nitrogens is 4. The van der Waals surface area contributed by atoms with Gasteiger partial charge in [0, 0.05) is 69.2 Å². The summed E-state index contributed by atoms with van der Waals surface area (Å²) in [6.45, 7) is 15.4. The minimum atomic E-state index is -0.0944. The second-order valence-electron chi connectivity index (χ2n) is 11.6. The zero-order valence-corrected chi connectivity index (χ0v) is 20.9. The van der Waals surface area contributed by atoms with E-state index in [1.807, 2.05) is 24.8 Å². The zero-order chi connectivity index (χ0) is 23.4. The largest absolute Gasteiger partial charge is 0.351 e. The normalized spacial score (nSPS) is 30.9. The van der Waals surface area contributed by atoms with Crippen LogP contribution in [0.4, 0.5) is 11.6 Å². The lowest BCUT2D eigenvalue weighted by atomic mass is 9.70. The van der Waals surface area contributed by atoms with Crippen LogP contribution in [0.1, 0.15) is 51.4 Å². The molecule has 6 heterocycles. The molecule has 182 valence electrons. The molecule has 6 rings (SSSR count). The van der Waals surface area contributed by atoms with Gasteiger partial charge >= 0.3 is 0 Å². The van der Waals surface area contributed by atoms with Gasteiger partial charge in [0.2, 0.25) is 0 Å². The Labute approximate surface area is 203 Å². The topological polar surface area (TPSA) is 82.1 Å². The molecule has 0 amide bonds. The van der Waals surface area contributed by atoms with E-state index in [1.54, 1.807) is 0 Å². The fraction of sp³-hybridized carbons (Fsp3) is 0.692. The Hall–Kier alpha value is -2.32. The van der Waals surface area contributed by atoms with Crippen molar-refractivity contribution in [3.8, 4) is 0 Å². The third kappa shape index (κ3) is 3.57.